The molecule has 2 heterocycles. The van der Waals surface area contributed by atoms with Crippen molar-refractivity contribution in [3.05, 3.63) is 23.5 Å². The lowest BCUT2D eigenvalue weighted by Crippen LogP contribution is -2.22. The number of aromatic nitrogens is 2. The highest BCUT2D eigenvalue weighted by Gasteiger charge is 2.25. The summed E-state index contributed by atoms with van der Waals surface area (Å²) in [5, 5.41) is 1.23. The van der Waals surface area contributed by atoms with E-state index in [1.807, 2.05) is 18.2 Å². The average molecular weight is 307 g/mol. The van der Waals surface area contributed by atoms with Crippen LogP contribution < -0.4 is 15.4 Å². The quantitative estimate of drug-likeness (QED) is 0.879. The van der Waals surface area contributed by atoms with Crippen molar-refractivity contribution in [2.24, 2.45) is 11.7 Å². The molecule has 0 amide bonds. The van der Waals surface area contributed by atoms with Crippen molar-refractivity contribution >= 4 is 28.3 Å². The zero-order valence-electron chi connectivity index (χ0n) is 12.1. The maximum Gasteiger partial charge on any atom is 0.225 e. The van der Waals surface area contributed by atoms with Crippen molar-refractivity contribution in [3.8, 4) is 5.75 Å². The van der Waals surface area contributed by atoms with Gasteiger partial charge >= 0.3 is 0 Å². The van der Waals surface area contributed by atoms with Crippen molar-refractivity contribution in [1.29, 1.82) is 0 Å². The molecule has 1 fully saturated rings. The molecule has 6 heteroatoms. The zero-order chi connectivity index (χ0) is 14.8. The van der Waals surface area contributed by atoms with Gasteiger partial charge in [0.15, 0.2) is 0 Å². The Hall–Kier alpha value is -1.59. The molecule has 1 aliphatic heterocycles. The Morgan fingerprint density at radius 3 is 3.05 bits per heavy atom. The fourth-order valence-electron chi connectivity index (χ4n) is 2.99. The van der Waals surface area contributed by atoms with Crippen molar-refractivity contribution in [1.82, 2.24) is 9.97 Å². The molecule has 1 unspecified atom stereocenters. The lowest BCUT2D eigenvalue weighted by molar-refractivity contribution is 0.419. The summed E-state index contributed by atoms with van der Waals surface area (Å²) < 4.78 is 5.38. The monoisotopic (exact) mass is 306 g/mol. The van der Waals surface area contributed by atoms with Crippen LogP contribution in [0.15, 0.2) is 18.2 Å². The van der Waals surface area contributed by atoms with E-state index in [1.54, 1.807) is 7.11 Å². The van der Waals surface area contributed by atoms with Gasteiger partial charge in [0.25, 0.3) is 0 Å². The molecule has 5 nitrogen and oxygen atoms in total. The number of hydrogen-bond donors (Lipinski definition) is 1. The normalized spacial score (nSPS) is 18.4. The van der Waals surface area contributed by atoms with Gasteiger partial charge in [0.05, 0.1) is 7.11 Å². The molecule has 21 heavy (non-hydrogen) atoms. The number of nitrogens with two attached hydrogens (primary N) is 1. The van der Waals surface area contributed by atoms with Crippen LogP contribution in [0.25, 0.3) is 10.9 Å². The fraction of sp³-hybridized carbons (Fsp3) is 0.467. The van der Waals surface area contributed by atoms with Crippen molar-refractivity contribution in [3.63, 3.8) is 0 Å². The summed E-state index contributed by atoms with van der Waals surface area (Å²) >= 11 is 6.10. The number of anilines is 1. The second-order valence-corrected chi connectivity index (χ2v) is 5.69. The van der Waals surface area contributed by atoms with Gasteiger partial charge in [-0.25, -0.2) is 4.98 Å². The molecule has 0 spiro atoms. The lowest BCUT2D eigenvalue weighted by Gasteiger charge is -2.20. The van der Waals surface area contributed by atoms with Crippen LogP contribution in [-0.2, 0) is 0 Å². The molecule has 1 aliphatic rings. The number of ether oxygens (including phenoxy) is 1. The Balaban J connectivity index is 2.03. The molecule has 1 atom stereocenters. The van der Waals surface area contributed by atoms with Crippen LogP contribution in [0, 0.1) is 5.92 Å². The Bertz CT molecular complexity index is 649. The summed E-state index contributed by atoms with van der Waals surface area (Å²) in [6, 6.07) is 5.85. The molecule has 1 aromatic heterocycles. The predicted molar refractivity (Wildman–Crippen MR) is 85.1 cm³/mol. The zero-order valence-corrected chi connectivity index (χ0v) is 12.8. The molecular weight excluding hydrogens is 288 g/mol. The highest BCUT2D eigenvalue weighted by atomic mass is 35.5. The van der Waals surface area contributed by atoms with E-state index < -0.39 is 0 Å². The first-order valence-corrected chi connectivity index (χ1v) is 7.56. The first-order valence-electron chi connectivity index (χ1n) is 7.18. The lowest BCUT2D eigenvalue weighted by atomic mass is 10.1. The second-order valence-electron chi connectivity index (χ2n) is 5.35. The van der Waals surface area contributed by atoms with E-state index in [0.29, 0.717) is 5.92 Å². The number of nitrogens with zero attached hydrogens (tertiary/aromatic N) is 3. The van der Waals surface area contributed by atoms with Crippen LogP contribution in [-0.4, -0.2) is 36.7 Å². The van der Waals surface area contributed by atoms with E-state index in [0.717, 1.165) is 54.9 Å². The maximum atomic E-state index is 6.10. The van der Waals surface area contributed by atoms with Gasteiger partial charge in [0.2, 0.25) is 5.28 Å². The average Bonchev–Trinajstić information content (AvgIpc) is 2.94. The van der Waals surface area contributed by atoms with Gasteiger partial charge in [0, 0.05) is 18.5 Å². The van der Waals surface area contributed by atoms with E-state index in [9.17, 15) is 0 Å². The van der Waals surface area contributed by atoms with E-state index >= 15 is 0 Å². The number of hydrogen-bond acceptors (Lipinski definition) is 5. The third-order valence-electron chi connectivity index (χ3n) is 4.02. The minimum atomic E-state index is 0.254. The Labute approximate surface area is 129 Å². The van der Waals surface area contributed by atoms with Crippen molar-refractivity contribution in [2.45, 2.75) is 12.8 Å². The number of benzene rings is 1. The standard InChI is InChI=1S/C15H19ClN4O/c1-21-12-4-2-3-11-13(12)18-15(16)19-14(11)20-8-6-10(9-20)5-7-17/h2-4,10H,5-9,17H2,1H3. The molecule has 3 rings (SSSR count). The molecule has 2 N–H and O–H groups in total. The summed E-state index contributed by atoms with van der Waals surface area (Å²) in [6.45, 7) is 2.68. The smallest absolute Gasteiger partial charge is 0.225 e. The van der Waals surface area contributed by atoms with Crippen LogP contribution in [0.1, 0.15) is 12.8 Å². The van der Waals surface area contributed by atoms with Crippen LogP contribution in [0.4, 0.5) is 5.82 Å². The molecule has 2 aromatic rings. The topological polar surface area (TPSA) is 64.3 Å². The summed E-state index contributed by atoms with van der Waals surface area (Å²) in [5.41, 5.74) is 6.42. The minimum absolute atomic E-state index is 0.254. The molecule has 0 saturated carbocycles. The van der Waals surface area contributed by atoms with E-state index in [-0.39, 0.29) is 5.28 Å². The number of rotatable bonds is 4. The van der Waals surface area contributed by atoms with E-state index in [4.69, 9.17) is 22.1 Å². The first kappa shape index (κ1) is 14.4. The summed E-state index contributed by atoms with van der Waals surface area (Å²) in [4.78, 5) is 11.0. The van der Waals surface area contributed by atoms with Crippen LogP contribution >= 0.6 is 11.6 Å². The summed E-state index contributed by atoms with van der Waals surface area (Å²) in [7, 11) is 1.64. The van der Waals surface area contributed by atoms with E-state index in [1.165, 1.54) is 0 Å². The molecule has 1 aromatic carbocycles. The third kappa shape index (κ3) is 2.76. The Kier molecular flexibility index (Phi) is 4.12. The molecule has 0 radical (unpaired) electrons. The van der Waals surface area contributed by atoms with Gasteiger partial charge in [-0.2, -0.15) is 4.98 Å². The highest BCUT2D eigenvalue weighted by molar-refractivity contribution is 6.29. The number of para-hydroxylation sites is 1. The summed E-state index contributed by atoms with van der Waals surface area (Å²) in [5.74, 6) is 2.24. The molecule has 112 valence electrons. The summed E-state index contributed by atoms with van der Waals surface area (Å²) in [6.07, 6.45) is 2.20. The minimum Gasteiger partial charge on any atom is -0.494 e. The second kappa shape index (κ2) is 6.03. The molecule has 0 bridgehead atoms. The number of halogens is 1. The predicted octanol–water partition coefficient (Wildman–Crippen LogP) is 2.47. The first-order chi connectivity index (χ1) is 10.2. The fourth-order valence-corrected chi connectivity index (χ4v) is 3.15. The Morgan fingerprint density at radius 1 is 1.43 bits per heavy atom. The number of methoxy groups -OCH3 is 1. The molecule has 1 saturated heterocycles. The molecule has 0 aliphatic carbocycles. The SMILES string of the molecule is COc1cccc2c(N3CCC(CCN)C3)nc(Cl)nc12. The third-order valence-corrected chi connectivity index (χ3v) is 4.19. The van der Waals surface area contributed by atoms with Crippen molar-refractivity contribution < 1.29 is 4.74 Å². The van der Waals surface area contributed by atoms with Crippen LogP contribution in [0.3, 0.4) is 0 Å². The Morgan fingerprint density at radius 2 is 2.29 bits per heavy atom. The number of fused-ring (bicyclic) bond motifs is 1. The van der Waals surface area contributed by atoms with Gasteiger partial charge in [-0.15, -0.1) is 0 Å². The van der Waals surface area contributed by atoms with Gasteiger partial charge in [-0.1, -0.05) is 6.07 Å². The maximum absolute atomic E-state index is 6.10. The highest BCUT2D eigenvalue weighted by Crippen LogP contribution is 2.34. The van der Waals surface area contributed by atoms with Crippen molar-refractivity contribution in [2.75, 3.05) is 31.6 Å². The van der Waals surface area contributed by atoms with Gasteiger partial charge < -0.3 is 15.4 Å². The van der Waals surface area contributed by atoms with Gasteiger partial charge in [0.1, 0.15) is 17.1 Å². The van der Waals surface area contributed by atoms with Gasteiger partial charge in [-0.3, -0.25) is 0 Å². The van der Waals surface area contributed by atoms with E-state index in [2.05, 4.69) is 14.9 Å². The van der Waals surface area contributed by atoms with Crippen LogP contribution in [0.5, 0.6) is 5.75 Å². The largest absolute Gasteiger partial charge is 0.494 e. The molecular formula is C15H19ClN4O. The van der Waals surface area contributed by atoms with Gasteiger partial charge in [-0.05, 0) is 49.0 Å². The van der Waals surface area contributed by atoms with Crippen LogP contribution in [0.2, 0.25) is 5.28 Å².